The molecule has 152 valence electrons. The Bertz CT molecular complexity index is 842. The SMILES string of the molecule is COc1ccc(C(=O)Nc2cnn(C(C)(C)C(=O)O)c2)c(OCCC(C)C)c1. The normalized spacial score (nSPS) is 11.4. The molecule has 2 aromatic rings. The Labute approximate surface area is 164 Å². The number of carbonyl (C=O) groups excluding carboxylic acids is 1. The topological polar surface area (TPSA) is 103 Å². The second-order valence-electron chi connectivity index (χ2n) is 7.38. The molecule has 1 aromatic heterocycles. The Morgan fingerprint density at radius 2 is 2.04 bits per heavy atom. The summed E-state index contributed by atoms with van der Waals surface area (Å²) < 4.78 is 12.3. The highest BCUT2D eigenvalue weighted by atomic mass is 16.5. The quantitative estimate of drug-likeness (QED) is 0.681. The predicted octanol–water partition coefficient (Wildman–Crippen LogP) is 3.39. The largest absolute Gasteiger partial charge is 0.497 e. The number of carbonyl (C=O) groups is 2. The van der Waals surface area contributed by atoms with Crippen LogP contribution in [0.5, 0.6) is 11.5 Å². The number of rotatable bonds is 9. The predicted molar refractivity (Wildman–Crippen MR) is 105 cm³/mol. The number of hydrogen-bond acceptors (Lipinski definition) is 5. The van der Waals surface area contributed by atoms with Crippen LogP contribution in [0, 0.1) is 5.92 Å². The summed E-state index contributed by atoms with van der Waals surface area (Å²) in [6.07, 6.45) is 3.75. The number of aromatic nitrogens is 2. The molecule has 0 bridgehead atoms. The Morgan fingerprint density at radius 3 is 2.64 bits per heavy atom. The number of hydrogen-bond donors (Lipinski definition) is 2. The van der Waals surface area contributed by atoms with E-state index in [-0.39, 0.29) is 5.91 Å². The van der Waals surface area contributed by atoms with E-state index < -0.39 is 11.5 Å². The smallest absolute Gasteiger partial charge is 0.331 e. The van der Waals surface area contributed by atoms with Crippen molar-refractivity contribution < 1.29 is 24.2 Å². The van der Waals surface area contributed by atoms with Crippen LogP contribution in [0.1, 0.15) is 44.5 Å². The molecule has 1 heterocycles. The summed E-state index contributed by atoms with van der Waals surface area (Å²) in [6.45, 7) is 7.73. The van der Waals surface area contributed by atoms with Gasteiger partial charge in [-0.15, -0.1) is 0 Å². The Morgan fingerprint density at radius 1 is 1.32 bits per heavy atom. The van der Waals surface area contributed by atoms with Crippen LogP contribution in [0.15, 0.2) is 30.6 Å². The van der Waals surface area contributed by atoms with Crippen molar-refractivity contribution in [1.82, 2.24) is 9.78 Å². The van der Waals surface area contributed by atoms with E-state index in [1.165, 1.54) is 30.9 Å². The summed E-state index contributed by atoms with van der Waals surface area (Å²) in [5.74, 6) is 0.0912. The van der Waals surface area contributed by atoms with Gasteiger partial charge in [-0.2, -0.15) is 5.10 Å². The number of anilines is 1. The van der Waals surface area contributed by atoms with Crippen LogP contribution < -0.4 is 14.8 Å². The minimum Gasteiger partial charge on any atom is -0.497 e. The van der Waals surface area contributed by atoms with Gasteiger partial charge in [0.25, 0.3) is 5.91 Å². The number of aliphatic carboxylic acids is 1. The fourth-order valence-electron chi connectivity index (χ4n) is 2.33. The van der Waals surface area contributed by atoms with E-state index >= 15 is 0 Å². The Balaban J connectivity index is 2.19. The van der Waals surface area contributed by atoms with Crippen LogP contribution in [-0.4, -0.2) is 40.5 Å². The molecule has 0 aliphatic heterocycles. The molecular weight excluding hydrogens is 362 g/mol. The molecular formula is C20H27N3O5. The Hall–Kier alpha value is -3.03. The third-order valence-electron chi connectivity index (χ3n) is 4.32. The van der Waals surface area contributed by atoms with Gasteiger partial charge >= 0.3 is 5.97 Å². The zero-order valence-corrected chi connectivity index (χ0v) is 16.9. The fourth-order valence-corrected chi connectivity index (χ4v) is 2.33. The van der Waals surface area contributed by atoms with Crippen molar-refractivity contribution in [1.29, 1.82) is 0 Å². The fraction of sp³-hybridized carbons (Fsp3) is 0.450. The number of carboxylic acid groups (broad SMARTS) is 1. The minimum absolute atomic E-state index is 0.356. The van der Waals surface area contributed by atoms with Crippen LogP contribution in [0.2, 0.25) is 0 Å². The number of nitrogens with zero attached hydrogens (tertiary/aromatic N) is 2. The molecule has 0 radical (unpaired) electrons. The zero-order chi connectivity index (χ0) is 20.9. The number of ether oxygens (including phenoxy) is 2. The van der Waals surface area contributed by atoms with Crippen molar-refractivity contribution in [2.24, 2.45) is 5.92 Å². The summed E-state index contributed by atoms with van der Waals surface area (Å²) in [4.78, 5) is 24.1. The minimum atomic E-state index is -1.23. The molecule has 2 rings (SSSR count). The lowest BCUT2D eigenvalue weighted by Crippen LogP contribution is -2.35. The molecule has 0 aliphatic rings. The van der Waals surface area contributed by atoms with Crippen LogP contribution >= 0.6 is 0 Å². The van der Waals surface area contributed by atoms with Gasteiger partial charge in [-0.3, -0.25) is 9.48 Å². The third-order valence-corrected chi connectivity index (χ3v) is 4.32. The van der Waals surface area contributed by atoms with Crippen LogP contribution in [0.3, 0.4) is 0 Å². The van der Waals surface area contributed by atoms with Gasteiger partial charge in [-0.25, -0.2) is 4.79 Å². The first-order chi connectivity index (χ1) is 13.1. The molecule has 0 saturated heterocycles. The van der Waals surface area contributed by atoms with E-state index in [1.807, 2.05) is 0 Å². The first-order valence-electron chi connectivity index (χ1n) is 9.06. The molecule has 0 atom stereocenters. The lowest BCUT2D eigenvalue weighted by atomic mass is 10.1. The van der Waals surface area contributed by atoms with Gasteiger partial charge in [0.15, 0.2) is 5.54 Å². The highest BCUT2D eigenvalue weighted by molar-refractivity contribution is 6.06. The summed E-state index contributed by atoms with van der Waals surface area (Å²) >= 11 is 0. The molecule has 8 heteroatoms. The number of benzene rings is 1. The molecule has 2 N–H and O–H groups in total. The van der Waals surface area contributed by atoms with E-state index in [0.29, 0.717) is 35.3 Å². The molecule has 8 nitrogen and oxygen atoms in total. The molecule has 0 aliphatic carbocycles. The molecule has 28 heavy (non-hydrogen) atoms. The second kappa shape index (κ2) is 8.77. The third kappa shape index (κ3) is 5.03. The van der Waals surface area contributed by atoms with E-state index in [4.69, 9.17) is 9.47 Å². The molecule has 0 unspecified atom stereocenters. The van der Waals surface area contributed by atoms with E-state index in [9.17, 15) is 14.7 Å². The van der Waals surface area contributed by atoms with E-state index in [1.54, 1.807) is 25.3 Å². The van der Waals surface area contributed by atoms with Gasteiger partial charge in [-0.05, 0) is 38.3 Å². The molecule has 0 spiro atoms. The molecule has 0 saturated carbocycles. The summed E-state index contributed by atoms with van der Waals surface area (Å²) in [5, 5.41) is 16.1. The Kier molecular flexibility index (Phi) is 6.66. The second-order valence-corrected chi connectivity index (χ2v) is 7.38. The van der Waals surface area contributed by atoms with Gasteiger partial charge in [0.05, 0.1) is 31.2 Å². The van der Waals surface area contributed by atoms with Crippen molar-refractivity contribution in [3.8, 4) is 11.5 Å². The monoisotopic (exact) mass is 389 g/mol. The highest BCUT2D eigenvalue weighted by Gasteiger charge is 2.30. The maximum Gasteiger partial charge on any atom is 0.331 e. The number of methoxy groups -OCH3 is 1. The van der Waals surface area contributed by atoms with Crippen molar-refractivity contribution in [3.63, 3.8) is 0 Å². The molecule has 1 aromatic carbocycles. The number of amides is 1. The maximum absolute atomic E-state index is 12.7. The van der Waals surface area contributed by atoms with Gasteiger partial charge < -0.3 is 19.9 Å². The summed E-state index contributed by atoms with van der Waals surface area (Å²) in [6, 6.07) is 4.98. The summed E-state index contributed by atoms with van der Waals surface area (Å²) in [7, 11) is 1.55. The van der Waals surface area contributed by atoms with Gasteiger partial charge in [0.2, 0.25) is 0 Å². The lowest BCUT2D eigenvalue weighted by molar-refractivity contribution is -0.146. The maximum atomic E-state index is 12.7. The first kappa shape index (κ1) is 21.3. The van der Waals surface area contributed by atoms with Crippen LogP contribution in [-0.2, 0) is 10.3 Å². The lowest BCUT2D eigenvalue weighted by Gasteiger charge is -2.19. The van der Waals surface area contributed by atoms with Crippen molar-refractivity contribution in [3.05, 3.63) is 36.2 Å². The first-order valence-corrected chi connectivity index (χ1v) is 9.06. The van der Waals surface area contributed by atoms with Gasteiger partial charge in [0, 0.05) is 12.3 Å². The van der Waals surface area contributed by atoms with E-state index in [0.717, 1.165) is 6.42 Å². The van der Waals surface area contributed by atoms with Crippen molar-refractivity contribution >= 4 is 17.6 Å². The molecule has 1 amide bonds. The average molecular weight is 389 g/mol. The van der Waals surface area contributed by atoms with Crippen LogP contribution in [0.4, 0.5) is 5.69 Å². The standard InChI is InChI=1S/C20H27N3O5/c1-13(2)8-9-28-17-10-15(27-5)6-7-16(17)18(24)22-14-11-21-23(12-14)20(3,4)19(25)26/h6-7,10-13H,8-9H2,1-5H3,(H,22,24)(H,25,26). The van der Waals surface area contributed by atoms with Crippen molar-refractivity contribution in [2.45, 2.75) is 39.7 Å². The van der Waals surface area contributed by atoms with E-state index in [2.05, 4.69) is 24.3 Å². The summed E-state index contributed by atoms with van der Waals surface area (Å²) in [5.41, 5.74) is -0.480. The number of carboxylic acids is 1. The van der Waals surface area contributed by atoms with Gasteiger partial charge in [0.1, 0.15) is 11.5 Å². The highest BCUT2D eigenvalue weighted by Crippen LogP contribution is 2.26. The zero-order valence-electron chi connectivity index (χ0n) is 16.9. The van der Waals surface area contributed by atoms with Crippen LogP contribution in [0.25, 0.3) is 0 Å². The van der Waals surface area contributed by atoms with Crippen molar-refractivity contribution in [2.75, 3.05) is 19.0 Å². The molecule has 0 fully saturated rings. The average Bonchev–Trinajstić information content (AvgIpc) is 3.10. The number of nitrogens with one attached hydrogen (secondary N) is 1. The van der Waals surface area contributed by atoms with Gasteiger partial charge in [-0.1, -0.05) is 13.8 Å².